The van der Waals surface area contributed by atoms with E-state index in [0.717, 1.165) is 44.9 Å². The summed E-state index contributed by atoms with van der Waals surface area (Å²) >= 11 is 0. The molecular weight excluding hydrogens is 887 g/mol. The first-order valence-electron chi connectivity index (χ1n) is 32.6. The number of aliphatic hydroxyl groups excluding tert-OH is 2. The lowest BCUT2D eigenvalue weighted by Gasteiger charge is -2.20. The van der Waals surface area contributed by atoms with E-state index < -0.39 is 12.1 Å². The van der Waals surface area contributed by atoms with Crippen molar-refractivity contribution in [2.45, 2.75) is 373 Å². The second-order valence-electron chi connectivity index (χ2n) is 22.5. The number of ether oxygens (including phenoxy) is 1. The molecule has 72 heavy (non-hydrogen) atoms. The number of amides is 1. The number of carbonyl (C=O) groups excluding carboxylic acids is 2. The number of unbranched alkanes of at least 4 members (excludes halogenated alkanes) is 48. The average molecular weight is 1010 g/mol. The van der Waals surface area contributed by atoms with Gasteiger partial charge in [-0.25, -0.2) is 0 Å². The number of hydrogen-bond acceptors (Lipinski definition) is 5. The van der Waals surface area contributed by atoms with E-state index in [2.05, 4.69) is 31.3 Å². The fraction of sp³-hybridized carbons (Fsp3) is 0.909. The summed E-state index contributed by atoms with van der Waals surface area (Å²) in [5.74, 6) is -0.0619. The Morgan fingerprint density at radius 2 is 0.653 bits per heavy atom. The maximum absolute atomic E-state index is 12.5. The Hall–Kier alpha value is -1.66. The van der Waals surface area contributed by atoms with Crippen molar-refractivity contribution in [1.29, 1.82) is 0 Å². The highest BCUT2D eigenvalue weighted by Gasteiger charge is 2.18. The minimum atomic E-state index is -0.847. The van der Waals surface area contributed by atoms with E-state index in [0.29, 0.717) is 19.4 Å². The van der Waals surface area contributed by atoms with Crippen LogP contribution in [0.15, 0.2) is 24.3 Å². The number of esters is 1. The van der Waals surface area contributed by atoms with Crippen LogP contribution in [0.4, 0.5) is 0 Å². The van der Waals surface area contributed by atoms with Crippen molar-refractivity contribution in [2.24, 2.45) is 0 Å². The van der Waals surface area contributed by atoms with Gasteiger partial charge in [-0.2, -0.15) is 0 Å². The van der Waals surface area contributed by atoms with Crippen LogP contribution in [0, 0.1) is 0 Å². The van der Waals surface area contributed by atoms with E-state index in [1.165, 1.54) is 289 Å². The van der Waals surface area contributed by atoms with Gasteiger partial charge >= 0.3 is 5.97 Å². The molecule has 6 heteroatoms. The number of aliphatic hydroxyl groups is 2. The van der Waals surface area contributed by atoms with Gasteiger partial charge in [0.1, 0.15) is 0 Å². The van der Waals surface area contributed by atoms with Gasteiger partial charge < -0.3 is 20.3 Å². The van der Waals surface area contributed by atoms with Crippen LogP contribution >= 0.6 is 0 Å². The zero-order valence-corrected chi connectivity index (χ0v) is 48.7. The lowest BCUT2D eigenvalue weighted by atomic mass is 10.0. The third-order valence-corrected chi connectivity index (χ3v) is 15.2. The molecule has 0 aromatic heterocycles. The first-order chi connectivity index (χ1) is 35.5. The Morgan fingerprint density at radius 3 is 0.986 bits per heavy atom. The molecule has 0 fully saturated rings. The quantitative estimate of drug-likeness (QED) is 0.0320. The van der Waals surface area contributed by atoms with Crippen molar-refractivity contribution in [2.75, 3.05) is 13.2 Å². The normalized spacial score (nSPS) is 12.7. The van der Waals surface area contributed by atoms with Crippen LogP contribution in [0.2, 0.25) is 0 Å². The van der Waals surface area contributed by atoms with Gasteiger partial charge in [-0.3, -0.25) is 9.59 Å². The monoisotopic (exact) mass is 1010 g/mol. The van der Waals surface area contributed by atoms with Crippen molar-refractivity contribution < 1.29 is 24.5 Å². The zero-order valence-electron chi connectivity index (χ0n) is 48.7. The Bertz CT molecular complexity index is 1120. The fourth-order valence-electron chi connectivity index (χ4n) is 10.2. The van der Waals surface area contributed by atoms with Crippen molar-refractivity contribution in [3.63, 3.8) is 0 Å². The van der Waals surface area contributed by atoms with E-state index in [9.17, 15) is 19.8 Å². The summed E-state index contributed by atoms with van der Waals surface area (Å²) in [7, 11) is 0. The van der Waals surface area contributed by atoms with Crippen LogP contribution in [-0.4, -0.2) is 47.4 Å². The number of allylic oxidation sites excluding steroid dienone is 3. The molecule has 0 rings (SSSR count). The third kappa shape index (κ3) is 57.6. The minimum absolute atomic E-state index is 0.00608. The van der Waals surface area contributed by atoms with Crippen LogP contribution < -0.4 is 5.32 Å². The molecule has 0 spiro atoms. The van der Waals surface area contributed by atoms with Gasteiger partial charge in [0.25, 0.3) is 0 Å². The Balaban J connectivity index is 3.41. The first-order valence-corrected chi connectivity index (χ1v) is 32.6. The number of nitrogens with one attached hydrogen (secondary N) is 1. The summed E-state index contributed by atoms with van der Waals surface area (Å²) in [5, 5.41) is 23.2. The molecule has 0 aromatic carbocycles. The van der Waals surface area contributed by atoms with E-state index in [1.807, 2.05) is 6.08 Å². The van der Waals surface area contributed by atoms with Gasteiger partial charge in [0.15, 0.2) is 0 Å². The molecule has 0 saturated carbocycles. The molecule has 0 aliphatic carbocycles. The average Bonchev–Trinajstić information content (AvgIpc) is 3.38. The SMILES string of the molecule is CCCCCCCCC/C=C\CCCCCCCCCC(=O)OCCCCCCCCCCCCCCCCCCCCCC(=O)NC(CO)C(O)/C=C/CCCCCCCCCCCCCCCCCC. The zero-order chi connectivity index (χ0) is 52.2. The molecule has 426 valence electrons. The lowest BCUT2D eigenvalue weighted by molar-refractivity contribution is -0.143. The molecule has 0 saturated heterocycles. The topological polar surface area (TPSA) is 95.9 Å². The summed E-state index contributed by atoms with van der Waals surface area (Å²) in [4.78, 5) is 24.6. The molecule has 0 heterocycles. The smallest absolute Gasteiger partial charge is 0.305 e. The standard InChI is InChI=1S/C66H127NO5/c1-3-5-7-9-11-13-15-17-19-21-26-30-34-38-42-46-50-54-58-64(69)63(62-68)67-65(70)59-55-51-47-43-39-35-31-27-24-23-25-29-33-37-41-45-49-53-57-61-72-66(71)60-56-52-48-44-40-36-32-28-22-20-18-16-14-12-10-8-6-4-2/h20,22,54,58,63-64,68-69H,3-19,21,23-53,55-57,59-62H2,1-2H3,(H,67,70)/b22-20-,58-54+. The molecule has 0 radical (unpaired) electrons. The predicted octanol–water partition coefficient (Wildman–Crippen LogP) is 20.6. The van der Waals surface area contributed by atoms with Gasteiger partial charge in [-0.05, 0) is 57.8 Å². The predicted molar refractivity (Wildman–Crippen MR) is 315 cm³/mol. The van der Waals surface area contributed by atoms with Crippen LogP contribution in [0.1, 0.15) is 361 Å². The van der Waals surface area contributed by atoms with Crippen LogP contribution in [0.5, 0.6) is 0 Å². The Labute approximate surface area is 450 Å². The second kappa shape index (κ2) is 61.9. The van der Waals surface area contributed by atoms with Gasteiger partial charge in [-0.1, -0.05) is 314 Å². The molecule has 2 unspecified atom stereocenters. The Kier molecular flexibility index (Phi) is 60.5. The summed E-state index contributed by atoms with van der Waals surface area (Å²) < 4.78 is 5.50. The third-order valence-electron chi connectivity index (χ3n) is 15.2. The van der Waals surface area contributed by atoms with Crippen molar-refractivity contribution in [3.05, 3.63) is 24.3 Å². The molecule has 0 aliphatic heterocycles. The van der Waals surface area contributed by atoms with E-state index >= 15 is 0 Å². The van der Waals surface area contributed by atoms with E-state index in [1.54, 1.807) is 6.08 Å². The van der Waals surface area contributed by atoms with E-state index in [-0.39, 0.29) is 18.5 Å². The molecule has 2 atom stereocenters. The molecule has 6 nitrogen and oxygen atoms in total. The largest absolute Gasteiger partial charge is 0.466 e. The molecule has 0 aromatic rings. The van der Waals surface area contributed by atoms with E-state index in [4.69, 9.17) is 4.74 Å². The van der Waals surface area contributed by atoms with Crippen LogP contribution in [0.3, 0.4) is 0 Å². The Morgan fingerprint density at radius 1 is 0.375 bits per heavy atom. The summed E-state index contributed by atoms with van der Waals surface area (Å²) in [6, 6.07) is -0.630. The van der Waals surface area contributed by atoms with Gasteiger partial charge in [-0.15, -0.1) is 0 Å². The number of hydrogen-bond donors (Lipinski definition) is 3. The van der Waals surface area contributed by atoms with Gasteiger partial charge in [0, 0.05) is 12.8 Å². The van der Waals surface area contributed by atoms with Crippen molar-refractivity contribution in [1.82, 2.24) is 5.32 Å². The van der Waals surface area contributed by atoms with Gasteiger partial charge in [0.2, 0.25) is 5.91 Å². The second-order valence-corrected chi connectivity index (χ2v) is 22.5. The number of rotatable bonds is 61. The van der Waals surface area contributed by atoms with Crippen molar-refractivity contribution in [3.8, 4) is 0 Å². The lowest BCUT2D eigenvalue weighted by Crippen LogP contribution is -2.45. The molecule has 3 N–H and O–H groups in total. The molecule has 0 aliphatic rings. The highest BCUT2D eigenvalue weighted by Crippen LogP contribution is 2.18. The highest BCUT2D eigenvalue weighted by atomic mass is 16.5. The molecular formula is C66H127NO5. The molecule has 1 amide bonds. The van der Waals surface area contributed by atoms with Crippen molar-refractivity contribution >= 4 is 11.9 Å². The first kappa shape index (κ1) is 70.3. The summed E-state index contributed by atoms with van der Waals surface area (Å²) in [6.45, 7) is 4.92. The van der Waals surface area contributed by atoms with Gasteiger partial charge in [0.05, 0.1) is 25.4 Å². The minimum Gasteiger partial charge on any atom is -0.466 e. The highest BCUT2D eigenvalue weighted by molar-refractivity contribution is 5.76. The summed E-state index contributed by atoms with van der Waals surface area (Å²) in [6.07, 6.45) is 76.5. The maximum Gasteiger partial charge on any atom is 0.305 e. The maximum atomic E-state index is 12.5. The molecule has 0 bridgehead atoms. The van der Waals surface area contributed by atoms with Crippen LogP contribution in [0.25, 0.3) is 0 Å². The fourth-order valence-corrected chi connectivity index (χ4v) is 10.2. The van der Waals surface area contributed by atoms with Crippen LogP contribution in [-0.2, 0) is 14.3 Å². The number of carbonyl (C=O) groups is 2. The summed E-state index contributed by atoms with van der Waals surface area (Å²) in [5.41, 5.74) is 0.